The van der Waals surface area contributed by atoms with Crippen LogP contribution in [0.1, 0.15) is 48.7 Å². The van der Waals surface area contributed by atoms with Gasteiger partial charge in [0.25, 0.3) is 0 Å². The first-order valence-corrected chi connectivity index (χ1v) is 6.67. The Kier molecular flexibility index (Phi) is 4.34. The van der Waals surface area contributed by atoms with Crippen LogP contribution in [0.15, 0.2) is 6.20 Å². The van der Waals surface area contributed by atoms with Gasteiger partial charge in [-0.1, -0.05) is 6.92 Å². The van der Waals surface area contributed by atoms with Crippen molar-refractivity contribution in [1.29, 1.82) is 0 Å². The lowest BCUT2D eigenvalue weighted by atomic mass is 10.0. The second-order valence-electron chi connectivity index (χ2n) is 4.97. The van der Waals surface area contributed by atoms with Crippen LogP contribution < -0.4 is 4.74 Å². The Morgan fingerprint density at radius 2 is 2.19 bits per heavy atom. The van der Waals surface area contributed by atoms with Gasteiger partial charge < -0.3 is 9.84 Å². The number of ether oxygens (including phenoxy) is 1. The van der Waals surface area contributed by atoms with Crippen molar-refractivity contribution in [3.05, 3.63) is 17.5 Å². The van der Waals surface area contributed by atoms with E-state index in [4.69, 9.17) is 9.84 Å². The zero-order valence-corrected chi connectivity index (χ0v) is 11.4. The van der Waals surface area contributed by atoms with Crippen LogP contribution in [0.3, 0.4) is 0 Å². The zero-order chi connectivity index (χ0) is 15.6. The van der Waals surface area contributed by atoms with Gasteiger partial charge in [-0.15, -0.1) is 0 Å². The molecule has 1 aromatic heterocycles. The summed E-state index contributed by atoms with van der Waals surface area (Å²) in [6.07, 6.45) is -0.929. The number of carboxylic acid groups (broad SMARTS) is 1. The van der Waals surface area contributed by atoms with Gasteiger partial charge in [-0.25, -0.2) is 9.78 Å². The van der Waals surface area contributed by atoms with Gasteiger partial charge in [0.15, 0.2) is 5.69 Å². The van der Waals surface area contributed by atoms with Crippen molar-refractivity contribution < 1.29 is 27.8 Å². The molecule has 0 amide bonds. The highest BCUT2D eigenvalue weighted by Crippen LogP contribution is 2.33. The molecule has 116 valence electrons. The highest BCUT2D eigenvalue weighted by atomic mass is 19.4. The van der Waals surface area contributed by atoms with Gasteiger partial charge in [0.2, 0.25) is 0 Å². The Bertz CT molecular complexity index is 534. The molecular formula is C13H15F3N2O3. The van der Waals surface area contributed by atoms with Crippen molar-refractivity contribution in [2.24, 2.45) is 5.92 Å². The lowest BCUT2D eigenvalue weighted by Crippen LogP contribution is -2.23. The normalized spacial score (nSPS) is 22.3. The van der Waals surface area contributed by atoms with Crippen LogP contribution in [-0.4, -0.2) is 27.1 Å². The molecule has 1 aliphatic rings. The minimum atomic E-state index is -4.87. The molecule has 0 spiro atoms. The van der Waals surface area contributed by atoms with Crippen LogP contribution >= 0.6 is 0 Å². The molecule has 2 rings (SSSR count). The molecule has 2 unspecified atom stereocenters. The molecule has 0 aromatic carbocycles. The minimum Gasteiger partial charge on any atom is -0.478 e. The van der Waals surface area contributed by atoms with Crippen LogP contribution in [-0.2, 0) is 6.18 Å². The average molecular weight is 304 g/mol. The summed E-state index contributed by atoms with van der Waals surface area (Å²) < 4.78 is 43.9. The van der Waals surface area contributed by atoms with E-state index in [2.05, 4.69) is 9.97 Å². The van der Waals surface area contributed by atoms with Crippen molar-refractivity contribution in [2.75, 3.05) is 0 Å². The molecule has 1 saturated carbocycles. The van der Waals surface area contributed by atoms with Gasteiger partial charge in [-0.2, -0.15) is 18.2 Å². The van der Waals surface area contributed by atoms with Crippen molar-refractivity contribution in [1.82, 2.24) is 9.97 Å². The van der Waals surface area contributed by atoms with Gasteiger partial charge in [0.05, 0.1) is 0 Å². The predicted molar refractivity (Wildman–Crippen MR) is 66.0 cm³/mol. The second kappa shape index (κ2) is 5.87. The maximum Gasteiger partial charge on any atom is 0.434 e. The Morgan fingerprint density at radius 3 is 2.76 bits per heavy atom. The summed E-state index contributed by atoms with van der Waals surface area (Å²) in [6.45, 7) is 1.99. The van der Waals surface area contributed by atoms with E-state index in [1.807, 2.05) is 6.92 Å². The van der Waals surface area contributed by atoms with E-state index < -0.39 is 29.4 Å². The van der Waals surface area contributed by atoms with E-state index in [1.54, 1.807) is 0 Å². The lowest BCUT2D eigenvalue weighted by Gasteiger charge is -2.19. The number of hydrogen-bond acceptors (Lipinski definition) is 4. The summed E-state index contributed by atoms with van der Waals surface area (Å²) in [5, 5.41) is 8.76. The largest absolute Gasteiger partial charge is 0.478 e. The maximum atomic E-state index is 12.8. The fourth-order valence-electron chi connectivity index (χ4n) is 2.56. The summed E-state index contributed by atoms with van der Waals surface area (Å²) in [4.78, 5) is 17.7. The molecular weight excluding hydrogens is 289 g/mol. The van der Waals surface area contributed by atoms with E-state index in [1.165, 1.54) is 0 Å². The fourth-order valence-corrected chi connectivity index (χ4v) is 2.56. The van der Waals surface area contributed by atoms with Crippen molar-refractivity contribution in [2.45, 2.75) is 44.9 Å². The molecule has 21 heavy (non-hydrogen) atoms. The SMILES string of the molecule is CCC1CCCC1Oc1ncc(C(=O)O)c(C(F)(F)F)n1. The van der Waals surface area contributed by atoms with Crippen LogP contribution in [0.5, 0.6) is 6.01 Å². The predicted octanol–water partition coefficient (Wildman–Crippen LogP) is 3.15. The number of aromatic carboxylic acids is 1. The molecule has 0 aliphatic heterocycles. The number of halogens is 3. The van der Waals surface area contributed by atoms with Crippen LogP contribution in [0.25, 0.3) is 0 Å². The minimum absolute atomic E-state index is 0.216. The lowest BCUT2D eigenvalue weighted by molar-refractivity contribution is -0.142. The summed E-state index contributed by atoms with van der Waals surface area (Å²) in [5.41, 5.74) is -2.46. The summed E-state index contributed by atoms with van der Waals surface area (Å²) >= 11 is 0. The molecule has 0 saturated heterocycles. The Hall–Kier alpha value is -1.86. The van der Waals surface area contributed by atoms with Crippen LogP contribution in [0.4, 0.5) is 13.2 Å². The summed E-state index contributed by atoms with van der Waals surface area (Å²) in [5.74, 6) is -1.46. The molecule has 1 heterocycles. The first kappa shape index (κ1) is 15.5. The molecule has 0 radical (unpaired) electrons. The van der Waals surface area contributed by atoms with Gasteiger partial charge >= 0.3 is 18.2 Å². The number of carboxylic acids is 1. The highest BCUT2D eigenvalue weighted by Gasteiger charge is 2.39. The van der Waals surface area contributed by atoms with Crippen LogP contribution in [0, 0.1) is 5.92 Å². The van der Waals surface area contributed by atoms with E-state index in [0.29, 0.717) is 6.20 Å². The molecule has 1 aliphatic carbocycles. The monoisotopic (exact) mass is 304 g/mol. The number of nitrogens with zero attached hydrogens (tertiary/aromatic N) is 2. The topological polar surface area (TPSA) is 72.3 Å². The number of alkyl halides is 3. The van der Waals surface area contributed by atoms with Crippen molar-refractivity contribution in [3.8, 4) is 6.01 Å². The molecule has 1 aromatic rings. The van der Waals surface area contributed by atoms with E-state index >= 15 is 0 Å². The third kappa shape index (κ3) is 3.43. The Labute approximate surface area is 119 Å². The fraction of sp³-hybridized carbons (Fsp3) is 0.615. The summed E-state index contributed by atoms with van der Waals surface area (Å²) in [7, 11) is 0. The van der Waals surface area contributed by atoms with E-state index in [-0.39, 0.29) is 12.0 Å². The molecule has 1 N–H and O–H groups in total. The number of aromatic nitrogens is 2. The van der Waals surface area contributed by atoms with Crippen molar-refractivity contribution >= 4 is 5.97 Å². The van der Waals surface area contributed by atoms with Gasteiger partial charge in [0, 0.05) is 6.20 Å². The van der Waals surface area contributed by atoms with Gasteiger partial charge in [0.1, 0.15) is 11.7 Å². The smallest absolute Gasteiger partial charge is 0.434 e. The first-order chi connectivity index (χ1) is 9.82. The molecule has 5 nitrogen and oxygen atoms in total. The molecule has 2 atom stereocenters. The van der Waals surface area contributed by atoms with Gasteiger partial charge in [-0.3, -0.25) is 0 Å². The number of hydrogen-bond donors (Lipinski definition) is 1. The Balaban J connectivity index is 2.27. The number of carbonyl (C=O) groups is 1. The molecule has 0 bridgehead atoms. The first-order valence-electron chi connectivity index (χ1n) is 6.67. The standard InChI is InChI=1S/C13H15F3N2O3/c1-2-7-4-3-5-9(7)21-12-17-6-8(11(19)20)10(18-12)13(14,15)16/h6-7,9H,2-5H2,1H3,(H,19,20). The van der Waals surface area contributed by atoms with E-state index in [0.717, 1.165) is 25.7 Å². The average Bonchev–Trinajstić information content (AvgIpc) is 2.84. The Morgan fingerprint density at radius 1 is 1.48 bits per heavy atom. The summed E-state index contributed by atoms with van der Waals surface area (Å²) in [6, 6.07) is -0.419. The quantitative estimate of drug-likeness (QED) is 0.925. The zero-order valence-electron chi connectivity index (χ0n) is 11.4. The van der Waals surface area contributed by atoms with E-state index in [9.17, 15) is 18.0 Å². The third-order valence-electron chi connectivity index (χ3n) is 3.64. The number of rotatable bonds is 4. The van der Waals surface area contributed by atoms with Crippen molar-refractivity contribution in [3.63, 3.8) is 0 Å². The highest BCUT2D eigenvalue weighted by molar-refractivity contribution is 5.88. The maximum absolute atomic E-state index is 12.8. The van der Waals surface area contributed by atoms with Gasteiger partial charge in [-0.05, 0) is 31.6 Å². The molecule has 8 heteroatoms. The molecule has 1 fully saturated rings. The second-order valence-corrected chi connectivity index (χ2v) is 4.97. The third-order valence-corrected chi connectivity index (χ3v) is 3.64. The van der Waals surface area contributed by atoms with Crippen LogP contribution in [0.2, 0.25) is 0 Å².